The van der Waals surface area contributed by atoms with Crippen molar-refractivity contribution in [1.29, 1.82) is 0 Å². The number of aryl methyl sites for hydroxylation is 1. The number of hydrogen-bond acceptors (Lipinski definition) is 1. The van der Waals surface area contributed by atoms with Gasteiger partial charge in [-0.3, -0.25) is 0 Å². The Bertz CT molecular complexity index is 2920. The molecule has 0 unspecified atom stereocenters. The highest BCUT2D eigenvalue weighted by Gasteiger charge is 2.46. The molecule has 0 saturated carbocycles. The number of anilines is 3. The molecule has 0 aliphatic heterocycles. The van der Waals surface area contributed by atoms with E-state index in [0.29, 0.717) is 0 Å². The lowest BCUT2D eigenvalue weighted by molar-refractivity contribution is 0.768. The highest BCUT2D eigenvalue weighted by atomic mass is 15.1. The molecule has 0 aromatic heterocycles. The predicted molar refractivity (Wildman–Crippen MR) is 243 cm³/mol. The van der Waals surface area contributed by atoms with Crippen LogP contribution < -0.4 is 4.90 Å². The lowest BCUT2D eigenvalue weighted by Crippen LogP contribution is -2.28. The van der Waals surface area contributed by atoms with Crippen molar-refractivity contribution in [3.8, 4) is 22.3 Å². The third-order valence-corrected chi connectivity index (χ3v) is 11.9. The van der Waals surface area contributed by atoms with E-state index in [1.165, 1.54) is 77.2 Å². The van der Waals surface area contributed by atoms with Crippen LogP contribution in [0.1, 0.15) is 33.4 Å². The first-order valence-corrected chi connectivity index (χ1v) is 19.7. The number of allylic oxidation sites excluding steroid dienone is 2. The van der Waals surface area contributed by atoms with E-state index in [-0.39, 0.29) is 0 Å². The van der Waals surface area contributed by atoms with Gasteiger partial charge < -0.3 is 4.90 Å². The molecule has 9 aromatic carbocycles. The van der Waals surface area contributed by atoms with Crippen molar-refractivity contribution >= 4 is 44.7 Å². The third kappa shape index (κ3) is 5.54. The Morgan fingerprint density at radius 3 is 1.68 bits per heavy atom. The summed E-state index contributed by atoms with van der Waals surface area (Å²) in [6.07, 6.45) is 6.09. The Morgan fingerprint density at radius 2 is 0.982 bits per heavy atom. The Kier molecular flexibility index (Phi) is 8.50. The molecule has 9 aromatic rings. The van der Waals surface area contributed by atoms with Crippen molar-refractivity contribution in [1.82, 2.24) is 0 Å². The Morgan fingerprint density at radius 1 is 0.439 bits per heavy atom. The molecule has 1 nitrogen and oxygen atoms in total. The molecule has 0 heterocycles. The Labute approximate surface area is 335 Å². The molecule has 0 N–H and O–H groups in total. The quantitative estimate of drug-likeness (QED) is 0.111. The van der Waals surface area contributed by atoms with Crippen LogP contribution in [0.5, 0.6) is 0 Å². The van der Waals surface area contributed by atoms with Crippen molar-refractivity contribution in [2.45, 2.75) is 12.3 Å². The van der Waals surface area contributed by atoms with Crippen LogP contribution in [0.15, 0.2) is 219 Å². The van der Waals surface area contributed by atoms with Crippen LogP contribution in [0.25, 0.3) is 49.9 Å². The molecule has 0 bridgehead atoms. The first kappa shape index (κ1) is 34.3. The van der Waals surface area contributed by atoms with Gasteiger partial charge in [-0.05, 0) is 121 Å². The van der Waals surface area contributed by atoms with Gasteiger partial charge in [0.15, 0.2) is 0 Å². The van der Waals surface area contributed by atoms with Crippen molar-refractivity contribution in [2.75, 3.05) is 4.90 Å². The van der Waals surface area contributed by atoms with E-state index in [9.17, 15) is 0 Å². The summed E-state index contributed by atoms with van der Waals surface area (Å²) in [5, 5.41) is 4.96. The zero-order chi connectivity index (χ0) is 38.3. The fourth-order valence-corrected chi connectivity index (χ4v) is 9.35. The number of nitrogens with zero attached hydrogens (tertiary/aromatic N) is 1. The topological polar surface area (TPSA) is 3.24 Å². The van der Waals surface area contributed by atoms with Gasteiger partial charge >= 0.3 is 0 Å². The molecular formula is C56H41N. The first-order valence-electron chi connectivity index (χ1n) is 19.7. The number of hydrogen-bond donors (Lipinski definition) is 0. The van der Waals surface area contributed by atoms with Gasteiger partial charge in [0.05, 0.1) is 5.41 Å². The lowest BCUT2D eigenvalue weighted by atomic mass is 9.67. The summed E-state index contributed by atoms with van der Waals surface area (Å²) in [5.41, 5.74) is 15.3. The molecule has 0 spiro atoms. The average molecular weight is 728 g/mol. The second kappa shape index (κ2) is 14.1. The lowest BCUT2D eigenvalue weighted by Gasteiger charge is -2.35. The maximum atomic E-state index is 3.97. The van der Waals surface area contributed by atoms with E-state index < -0.39 is 5.41 Å². The molecule has 270 valence electrons. The van der Waals surface area contributed by atoms with Gasteiger partial charge in [0.25, 0.3) is 0 Å². The molecule has 10 rings (SSSR count). The zero-order valence-corrected chi connectivity index (χ0v) is 31.9. The summed E-state index contributed by atoms with van der Waals surface area (Å²) >= 11 is 0. The van der Waals surface area contributed by atoms with Gasteiger partial charge in [-0.2, -0.15) is 0 Å². The van der Waals surface area contributed by atoms with Crippen LogP contribution in [-0.4, -0.2) is 0 Å². The highest BCUT2D eigenvalue weighted by Crippen LogP contribution is 2.57. The SMILES string of the molecule is C=C/C=C\c1c(C)c2ccccc2c2cc(N(c3ccc(-c4ccccc4)cc3)c3ccc4c(c3)C(c3ccccc3)(c3ccccc3)c3ccccc3-4)ccc12. The minimum Gasteiger partial charge on any atom is -0.310 e. The molecule has 1 aliphatic carbocycles. The van der Waals surface area contributed by atoms with Crippen LogP contribution in [0.2, 0.25) is 0 Å². The van der Waals surface area contributed by atoms with Crippen molar-refractivity contribution in [3.63, 3.8) is 0 Å². The van der Waals surface area contributed by atoms with Crippen molar-refractivity contribution in [3.05, 3.63) is 252 Å². The standard InChI is InChI=1S/C56H41N/c1-3-4-24-47-39(2)48-25-14-15-26-49(48)53-37-45(33-35-50(47)53)57(44-31-29-41(30-32-44)40-18-8-5-9-19-40)46-34-36-52-51-27-16-17-28-54(51)56(55(52)38-46,42-20-10-6-11-21-42)43-22-12-7-13-23-43/h3-38H,1H2,2H3/b24-4-. The van der Waals surface area contributed by atoms with E-state index in [2.05, 4.69) is 225 Å². The van der Waals surface area contributed by atoms with E-state index in [0.717, 1.165) is 17.1 Å². The maximum Gasteiger partial charge on any atom is 0.0714 e. The van der Waals surface area contributed by atoms with Crippen LogP contribution in [-0.2, 0) is 5.41 Å². The second-order valence-corrected chi connectivity index (χ2v) is 14.9. The minimum atomic E-state index is -0.503. The van der Waals surface area contributed by atoms with Gasteiger partial charge in [0.1, 0.15) is 0 Å². The third-order valence-electron chi connectivity index (χ3n) is 11.9. The second-order valence-electron chi connectivity index (χ2n) is 14.9. The molecule has 0 amide bonds. The molecule has 0 atom stereocenters. The molecule has 57 heavy (non-hydrogen) atoms. The van der Waals surface area contributed by atoms with Crippen LogP contribution in [0.4, 0.5) is 17.1 Å². The number of fused-ring (bicyclic) bond motifs is 6. The monoisotopic (exact) mass is 727 g/mol. The number of rotatable bonds is 8. The normalized spacial score (nSPS) is 12.8. The largest absolute Gasteiger partial charge is 0.310 e. The molecule has 1 heteroatoms. The zero-order valence-electron chi connectivity index (χ0n) is 31.9. The molecule has 0 radical (unpaired) electrons. The summed E-state index contributed by atoms with van der Waals surface area (Å²) in [4.78, 5) is 2.44. The van der Waals surface area contributed by atoms with E-state index in [1.54, 1.807) is 0 Å². The summed E-state index contributed by atoms with van der Waals surface area (Å²) < 4.78 is 0. The first-order chi connectivity index (χ1) is 28.2. The molecular weight excluding hydrogens is 687 g/mol. The Balaban J connectivity index is 1.25. The van der Waals surface area contributed by atoms with Crippen LogP contribution >= 0.6 is 0 Å². The summed E-state index contributed by atoms with van der Waals surface area (Å²) in [6.45, 7) is 6.20. The fraction of sp³-hybridized carbons (Fsp3) is 0.0357. The highest BCUT2D eigenvalue weighted by molar-refractivity contribution is 6.14. The Hall–Kier alpha value is -7.22. The van der Waals surface area contributed by atoms with Gasteiger partial charge in [0.2, 0.25) is 0 Å². The smallest absolute Gasteiger partial charge is 0.0714 e. The van der Waals surface area contributed by atoms with Gasteiger partial charge in [-0.1, -0.05) is 189 Å². The van der Waals surface area contributed by atoms with E-state index in [4.69, 9.17) is 0 Å². The molecule has 0 saturated heterocycles. The average Bonchev–Trinajstić information content (AvgIpc) is 3.58. The van der Waals surface area contributed by atoms with E-state index >= 15 is 0 Å². The minimum absolute atomic E-state index is 0.503. The van der Waals surface area contributed by atoms with Crippen LogP contribution in [0.3, 0.4) is 0 Å². The molecule has 1 aliphatic rings. The van der Waals surface area contributed by atoms with Gasteiger partial charge in [0, 0.05) is 17.1 Å². The summed E-state index contributed by atoms with van der Waals surface area (Å²) in [6, 6.07) is 73.6. The van der Waals surface area contributed by atoms with Gasteiger partial charge in [-0.15, -0.1) is 0 Å². The number of benzene rings is 9. The maximum absolute atomic E-state index is 3.97. The summed E-state index contributed by atoms with van der Waals surface area (Å²) in [5.74, 6) is 0. The van der Waals surface area contributed by atoms with Gasteiger partial charge in [-0.25, -0.2) is 0 Å². The van der Waals surface area contributed by atoms with Crippen molar-refractivity contribution in [2.24, 2.45) is 0 Å². The fourth-order valence-electron chi connectivity index (χ4n) is 9.35. The van der Waals surface area contributed by atoms with Crippen molar-refractivity contribution < 1.29 is 0 Å². The van der Waals surface area contributed by atoms with Crippen LogP contribution in [0, 0.1) is 6.92 Å². The predicted octanol–water partition coefficient (Wildman–Crippen LogP) is 15.0. The molecule has 0 fully saturated rings. The van der Waals surface area contributed by atoms with E-state index in [1.807, 2.05) is 12.2 Å². The summed E-state index contributed by atoms with van der Waals surface area (Å²) in [7, 11) is 0.